The average Bonchev–Trinajstić information content (AvgIpc) is 2.47. The summed E-state index contributed by atoms with van der Waals surface area (Å²) in [5, 5.41) is 11.1. The molecule has 1 heterocycles. The third-order valence-electron chi connectivity index (χ3n) is 3.84. The Labute approximate surface area is 118 Å². The highest BCUT2D eigenvalue weighted by molar-refractivity contribution is 5.98. The summed E-state index contributed by atoms with van der Waals surface area (Å²) in [6.07, 6.45) is 5.09. The Morgan fingerprint density at radius 2 is 2.15 bits per heavy atom. The molecule has 1 amide bonds. The van der Waals surface area contributed by atoms with Crippen molar-refractivity contribution in [3.8, 4) is 0 Å². The standard InChI is InChI=1S/C15H20N2O3/c1-2-7-12-8-5-6-11-16(12)15(18)13-9-3-4-10-14(13)17(19)20/h3-4,9-10,12H,2,5-8,11H2,1H3/t12-/m0/s1. The van der Waals surface area contributed by atoms with Crippen LogP contribution in [0.15, 0.2) is 24.3 Å². The maximum atomic E-state index is 12.6. The number of para-hydroxylation sites is 1. The third kappa shape index (κ3) is 2.98. The van der Waals surface area contributed by atoms with Crippen molar-refractivity contribution in [1.82, 2.24) is 4.90 Å². The second kappa shape index (κ2) is 6.50. The molecule has 0 aliphatic carbocycles. The van der Waals surface area contributed by atoms with Crippen LogP contribution in [0.25, 0.3) is 0 Å². The first kappa shape index (κ1) is 14.5. The highest BCUT2D eigenvalue weighted by atomic mass is 16.6. The van der Waals surface area contributed by atoms with Gasteiger partial charge in [-0.25, -0.2) is 0 Å². The molecular weight excluding hydrogens is 256 g/mol. The van der Waals surface area contributed by atoms with Crippen molar-refractivity contribution in [2.24, 2.45) is 0 Å². The second-order valence-corrected chi connectivity index (χ2v) is 5.21. The maximum Gasteiger partial charge on any atom is 0.282 e. The smallest absolute Gasteiger partial charge is 0.282 e. The molecule has 5 nitrogen and oxygen atoms in total. The quantitative estimate of drug-likeness (QED) is 0.625. The zero-order valence-corrected chi connectivity index (χ0v) is 11.7. The fraction of sp³-hybridized carbons (Fsp3) is 0.533. The van der Waals surface area contributed by atoms with Gasteiger partial charge in [0.15, 0.2) is 0 Å². The number of hydrogen-bond acceptors (Lipinski definition) is 3. The van der Waals surface area contributed by atoms with E-state index in [1.165, 1.54) is 6.07 Å². The monoisotopic (exact) mass is 276 g/mol. The Kier molecular flexibility index (Phi) is 4.71. The van der Waals surface area contributed by atoms with Crippen molar-refractivity contribution in [3.63, 3.8) is 0 Å². The van der Waals surface area contributed by atoms with Crippen LogP contribution in [-0.2, 0) is 0 Å². The Hall–Kier alpha value is -1.91. The van der Waals surface area contributed by atoms with E-state index in [9.17, 15) is 14.9 Å². The topological polar surface area (TPSA) is 63.5 Å². The first-order valence-corrected chi connectivity index (χ1v) is 7.19. The van der Waals surface area contributed by atoms with Gasteiger partial charge in [0.2, 0.25) is 0 Å². The summed E-state index contributed by atoms with van der Waals surface area (Å²) in [7, 11) is 0. The molecule has 0 unspecified atom stereocenters. The number of nitro benzene ring substituents is 1. The number of piperidine rings is 1. The minimum Gasteiger partial charge on any atom is -0.335 e. The number of nitro groups is 1. The molecule has 1 aliphatic rings. The molecule has 0 spiro atoms. The van der Waals surface area contributed by atoms with Crippen LogP contribution in [0, 0.1) is 10.1 Å². The number of rotatable bonds is 4. The highest BCUT2D eigenvalue weighted by Gasteiger charge is 2.30. The zero-order chi connectivity index (χ0) is 14.5. The first-order chi connectivity index (χ1) is 9.65. The molecule has 1 atom stereocenters. The summed E-state index contributed by atoms with van der Waals surface area (Å²) in [5.74, 6) is -0.199. The number of benzene rings is 1. The van der Waals surface area contributed by atoms with Crippen molar-refractivity contribution in [2.45, 2.75) is 45.1 Å². The lowest BCUT2D eigenvalue weighted by atomic mass is 9.97. The van der Waals surface area contributed by atoms with E-state index < -0.39 is 4.92 Å². The lowest BCUT2D eigenvalue weighted by Crippen LogP contribution is -2.43. The van der Waals surface area contributed by atoms with Gasteiger partial charge in [-0.2, -0.15) is 0 Å². The van der Waals surface area contributed by atoms with Crippen LogP contribution < -0.4 is 0 Å². The summed E-state index contributed by atoms with van der Waals surface area (Å²) < 4.78 is 0. The van der Waals surface area contributed by atoms with Crippen molar-refractivity contribution in [3.05, 3.63) is 39.9 Å². The molecule has 2 rings (SSSR count). The SMILES string of the molecule is CCC[C@H]1CCCCN1C(=O)c1ccccc1[N+](=O)[O-]. The molecule has 108 valence electrons. The summed E-state index contributed by atoms with van der Waals surface area (Å²) in [6, 6.07) is 6.44. The number of amides is 1. The molecule has 0 radical (unpaired) electrons. The van der Waals surface area contributed by atoms with E-state index in [1.807, 2.05) is 4.90 Å². The molecular formula is C15H20N2O3. The second-order valence-electron chi connectivity index (χ2n) is 5.21. The third-order valence-corrected chi connectivity index (χ3v) is 3.84. The highest BCUT2D eigenvalue weighted by Crippen LogP contribution is 2.26. The minimum absolute atomic E-state index is 0.0988. The van der Waals surface area contributed by atoms with Crippen LogP contribution in [0.2, 0.25) is 0 Å². The molecule has 1 saturated heterocycles. The summed E-state index contributed by atoms with van der Waals surface area (Å²) in [5.41, 5.74) is 0.110. The van der Waals surface area contributed by atoms with Gasteiger partial charge in [0.1, 0.15) is 5.56 Å². The van der Waals surface area contributed by atoms with Crippen LogP contribution in [-0.4, -0.2) is 28.3 Å². The average molecular weight is 276 g/mol. The zero-order valence-electron chi connectivity index (χ0n) is 11.7. The van der Waals surface area contributed by atoms with Gasteiger partial charge in [0.05, 0.1) is 4.92 Å². The van der Waals surface area contributed by atoms with Crippen molar-refractivity contribution >= 4 is 11.6 Å². The molecule has 1 fully saturated rings. The van der Waals surface area contributed by atoms with Gasteiger partial charge in [-0.05, 0) is 31.7 Å². The van der Waals surface area contributed by atoms with Gasteiger partial charge < -0.3 is 4.90 Å². The van der Waals surface area contributed by atoms with Gasteiger partial charge in [0, 0.05) is 18.7 Å². The Bertz CT molecular complexity index is 500. The van der Waals surface area contributed by atoms with E-state index in [0.29, 0.717) is 6.54 Å². The molecule has 5 heteroatoms. The molecule has 0 saturated carbocycles. The van der Waals surface area contributed by atoms with Gasteiger partial charge in [-0.3, -0.25) is 14.9 Å². The molecule has 0 bridgehead atoms. The number of carbonyl (C=O) groups excluding carboxylic acids is 1. The summed E-state index contributed by atoms with van der Waals surface area (Å²) in [4.78, 5) is 25.0. The number of carbonyl (C=O) groups is 1. The van der Waals surface area contributed by atoms with Crippen LogP contribution in [0.4, 0.5) is 5.69 Å². The Balaban J connectivity index is 2.27. The van der Waals surface area contributed by atoms with Gasteiger partial charge >= 0.3 is 0 Å². The van der Waals surface area contributed by atoms with Gasteiger partial charge in [-0.15, -0.1) is 0 Å². The predicted octanol–water partition coefficient (Wildman–Crippen LogP) is 3.39. The Morgan fingerprint density at radius 1 is 1.40 bits per heavy atom. The van der Waals surface area contributed by atoms with Crippen LogP contribution in [0.1, 0.15) is 49.4 Å². The van der Waals surface area contributed by atoms with Crippen molar-refractivity contribution in [1.29, 1.82) is 0 Å². The van der Waals surface area contributed by atoms with E-state index in [4.69, 9.17) is 0 Å². The normalized spacial score (nSPS) is 18.9. The summed E-state index contributed by atoms with van der Waals surface area (Å²) in [6.45, 7) is 2.80. The van der Waals surface area contributed by atoms with Crippen LogP contribution in [0.3, 0.4) is 0 Å². The number of nitrogens with zero attached hydrogens (tertiary/aromatic N) is 2. The molecule has 1 aromatic carbocycles. The maximum absolute atomic E-state index is 12.6. The predicted molar refractivity (Wildman–Crippen MR) is 76.7 cm³/mol. The largest absolute Gasteiger partial charge is 0.335 e. The fourth-order valence-electron chi connectivity index (χ4n) is 2.87. The molecule has 1 aliphatic heterocycles. The van der Waals surface area contributed by atoms with Gasteiger partial charge in [0.25, 0.3) is 11.6 Å². The molecule has 0 N–H and O–H groups in total. The fourth-order valence-corrected chi connectivity index (χ4v) is 2.87. The van der Waals surface area contributed by atoms with Crippen molar-refractivity contribution in [2.75, 3.05) is 6.54 Å². The number of hydrogen-bond donors (Lipinski definition) is 0. The lowest BCUT2D eigenvalue weighted by Gasteiger charge is -2.35. The first-order valence-electron chi connectivity index (χ1n) is 7.19. The lowest BCUT2D eigenvalue weighted by molar-refractivity contribution is -0.385. The number of likely N-dealkylation sites (tertiary alicyclic amines) is 1. The minimum atomic E-state index is -0.480. The van der Waals surface area contributed by atoms with E-state index in [1.54, 1.807) is 18.2 Å². The van der Waals surface area contributed by atoms with E-state index in [-0.39, 0.29) is 23.2 Å². The van der Waals surface area contributed by atoms with E-state index in [2.05, 4.69) is 6.92 Å². The molecule has 1 aromatic rings. The van der Waals surface area contributed by atoms with Gasteiger partial charge in [-0.1, -0.05) is 25.5 Å². The molecule has 0 aromatic heterocycles. The van der Waals surface area contributed by atoms with Crippen LogP contribution in [0.5, 0.6) is 0 Å². The van der Waals surface area contributed by atoms with Crippen LogP contribution >= 0.6 is 0 Å². The van der Waals surface area contributed by atoms with E-state index >= 15 is 0 Å². The van der Waals surface area contributed by atoms with Crippen molar-refractivity contribution < 1.29 is 9.72 Å². The molecule has 20 heavy (non-hydrogen) atoms. The summed E-state index contributed by atoms with van der Waals surface area (Å²) >= 11 is 0. The Morgan fingerprint density at radius 3 is 2.85 bits per heavy atom. The van der Waals surface area contributed by atoms with E-state index in [0.717, 1.165) is 32.1 Å².